The molecule has 1 aliphatic heterocycles. The van der Waals surface area contributed by atoms with Crippen LogP contribution in [0.2, 0.25) is 0 Å². The van der Waals surface area contributed by atoms with E-state index in [1.807, 2.05) is 0 Å². The van der Waals surface area contributed by atoms with E-state index in [2.05, 4.69) is 26.6 Å². The summed E-state index contributed by atoms with van der Waals surface area (Å²) in [5, 5.41) is 0.662. The lowest BCUT2D eigenvalue weighted by atomic mass is 10.4. The lowest BCUT2D eigenvalue weighted by Crippen LogP contribution is -2.41. The molecule has 1 rings (SSSR count). The monoisotopic (exact) mass is 146 g/mol. The van der Waals surface area contributed by atoms with Crippen molar-refractivity contribution in [3.8, 4) is 0 Å². The highest BCUT2D eigenvalue weighted by atomic mass is 32.1. The van der Waals surface area contributed by atoms with Crippen molar-refractivity contribution in [1.82, 2.24) is 0 Å². The zero-order valence-electron chi connectivity index (χ0n) is 6.30. The Morgan fingerprint density at radius 3 is 2.56 bits per heavy atom. The Balaban J connectivity index is 2.45. The molecule has 0 amide bonds. The Kier molecular flexibility index (Phi) is 2.07. The molecule has 0 saturated carbocycles. The molecule has 54 valence electrons. The summed E-state index contributed by atoms with van der Waals surface area (Å²) in [6, 6.07) is 0. The summed E-state index contributed by atoms with van der Waals surface area (Å²) in [7, 11) is 2.32. The summed E-state index contributed by atoms with van der Waals surface area (Å²) in [5.41, 5.74) is 0. The maximum absolute atomic E-state index is 4.44. The fraction of sp³-hybridized carbons (Fsp3) is 1.00. The van der Waals surface area contributed by atoms with Gasteiger partial charge in [-0.05, 0) is 6.92 Å². The molecule has 0 spiro atoms. The Hall–Kier alpha value is 0.310. The highest BCUT2D eigenvalue weighted by molar-refractivity contribution is 7.81. The van der Waals surface area contributed by atoms with E-state index in [1.165, 1.54) is 30.5 Å². The van der Waals surface area contributed by atoms with E-state index in [9.17, 15) is 0 Å². The number of quaternary nitrogens is 1. The smallest absolute Gasteiger partial charge is 0.0904 e. The van der Waals surface area contributed by atoms with Crippen LogP contribution in [0.3, 0.4) is 0 Å². The van der Waals surface area contributed by atoms with Crippen molar-refractivity contribution in [2.75, 3.05) is 26.7 Å². The second kappa shape index (κ2) is 2.51. The molecule has 2 heteroatoms. The number of hydrogen-bond donors (Lipinski definition) is 1. The number of hydrogen-bond acceptors (Lipinski definition) is 1. The van der Waals surface area contributed by atoms with E-state index in [0.29, 0.717) is 5.25 Å². The third kappa shape index (κ3) is 1.62. The Morgan fingerprint density at radius 1 is 1.67 bits per heavy atom. The molecule has 0 radical (unpaired) electrons. The summed E-state index contributed by atoms with van der Waals surface area (Å²) < 4.78 is 1.23. The molecule has 1 aliphatic rings. The summed E-state index contributed by atoms with van der Waals surface area (Å²) in [5.74, 6) is 0. The van der Waals surface area contributed by atoms with Gasteiger partial charge in [0.25, 0.3) is 0 Å². The molecular weight excluding hydrogens is 130 g/mol. The minimum absolute atomic E-state index is 0.662. The van der Waals surface area contributed by atoms with Crippen molar-refractivity contribution >= 4 is 12.6 Å². The molecule has 1 fully saturated rings. The maximum atomic E-state index is 4.44. The van der Waals surface area contributed by atoms with Crippen LogP contribution >= 0.6 is 12.6 Å². The first-order chi connectivity index (χ1) is 4.16. The zero-order chi connectivity index (χ0) is 6.91. The van der Waals surface area contributed by atoms with Crippen LogP contribution in [0.15, 0.2) is 0 Å². The average molecular weight is 146 g/mol. The van der Waals surface area contributed by atoms with Gasteiger partial charge in [0, 0.05) is 6.42 Å². The van der Waals surface area contributed by atoms with Crippen LogP contribution in [0.5, 0.6) is 0 Å². The molecule has 0 aliphatic carbocycles. The molecule has 0 bridgehead atoms. The van der Waals surface area contributed by atoms with Gasteiger partial charge in [-0.25, -0.2) is 0 Å². The van der Waals surface area contributed by atoms with Crippen molar-refractivity contribution in [2.45, 2.75) is 18.6 Å². The molecule has 9 heavy (non-hydrogen) atoms. The Morgan fingerprint density at radius 2 is 2.33 bits per heavy atom. The van der Waals surface area contributed by atoms with Crippen LogP contribution in [-0.4, -0.2) is 36.4 Å². The highest BCUT2D eigenvalue weighted by Crippen LogP contribution is 2.19. The van der Waals surface area contributed by atoms with E-state index in [-0.39, 0.29) is 0 Å². The van der Waals surface area contributed by atoms with Gasteiger partial charge in [0.15, 0.2) is 0 Å². The van der Waals surface area contributed by atoms with Crippen LogP contribution in [0.25, 0.3) is 0 Å². The summed E-state index contributed by atoms with van der Waals surface area (Å²) >= 11 is 4.44. The quantitative estimate of drug-likeness (QED) is 0.416. The van der Waals surface area contributed by atoms with E-state index in [0.717, 1.165) is 0 Å². The standard InChI is InChI=1S/C7H15NS/c1-3-8(2)5-4-7(9)6-8/h7H,3-6H2,1-2H3/p+1. The van der Waals surface area contributed by atoms with E-state index < -0.39 is 0 Å². The van der Waals surface area contributed by atoms with E-state index in [4.69, 9.17) is 0 Å². The van der Waals surface area contributed by atoms with Crippen molar-refractivity contribution in [1.29, 1.82) is 0 Å². The molecule has 1 heterocycles. The number of likely N-dealkylation sites (tertiary alicyclic amines) is 1. The van der Waals surface area contributed by atoms with Crippen LogP contribution in [0, 0.1) is 0 Å². The predicted molar refractivity (Wildman–Crippen MR) is 43.9 cm³/mol. The van der Waals surface area contributed by atoms with Crippen LogP contribution in [-0.2, 0) is 0 Å². The Bertz CT molecular complexity index is 105. The first-order valence-electron chi connectivity index (χ1n) is 3.68. The van der Waals surface area contributed by atoms with Crippen molar-refractivity contribution in [2.24, 2.45) is 0 Å². The third-order valence-electron chi connectivity index (χ3n) is 2.42. The van der Waals surface area contributed by atoms with Gasteiger partial charge in [0.05, 0.1) is 31.9 Å². The molecule has 0 aromatic heterocycles. The molecule has 0 N–H and O–H groups in total. The Labute approximate surface area is 63.0 Å². The second-order valence-electron chi connectivity index (χ2n) is 3.28. The molecular formula is C7H16NS+. The lowest BCUT2D eigenvalue weighted by molar-refractivity contribution is -0.895. The third-order valence-corrected chi connectivity index (χ3v) is 2.84. The zero-order valence-corrected chi connectivity index (χ0v) is 7.19. The molecule has 1 nitrogen and oxygen atoms in total. The van der Waals surface area contributed by atoms with Gasteiger partial charge in [-0.15, -0.1) is 0 Å². The SMILES string of the molecule is CC[N+]1(C)CCC(S)C1. The number of rotatable bonds is 1. The van der Waals surface area contributed by atoms with Gasteiger partial charge in [0.2, 0.25) is 0 Å². The topological polar surface area (TPSA) is 0 Å². The van der Waals surface area contributed by atoms with Gasteiger partial charge in [0.1, 0.15) is 0 Å². The van der Waals surface area contributed by atoms with Crippen molar-refractivity contribution < 1.29 is 4.48 Å². The maximum Gasteiger partial charge on any atom is 0.0904 e. The second-order valence-corrected chi connectivity index (χ2v) is 4.01. The summed E-state index contributed by atoms with van der Waals surface area (Å²) in [4.78, 5) is 0. The van der Waals surface area contributed by atoms with Crippen LogP contribution in [0.1, 0.15) is 13.3 Å². The lowest BCUT2D eigenvalue weighted by Gasteiger charge is -2.27. The van der Waals surface area contributed by atoms with E-state index >= 15 is 0 Å². The molecule has 0 aromatic rings. The van der Waals surface area contributed by atoms with E-state index in [1.54, 1.807) is 0 Å². The minimum Gasteiger partial charge on any atom is -0.325 e. The molecule has 0 aromatic carbocycles. The number of nitrogens with zero attached hydrogens (tertiary/aromatic N) is 1. The molecule has 2 unspecified atom stereocenters. The van der Waals surface area contributed by atoms with Gasteiger partial charge in [-0.3, -0.25) is 0 Å². The summed E-state index contributed by atoms with van der Waals surface area (Å²) in [6.07, 6.45) is 1.30. The predicted octanol–water partition coefficient (Wildman–Crippen LogP) is 1.16. The normalized spacial score (nSPS) is 43.7. The van der Waals surface area contributed by atoms with Gasteiger partial charge in [-0.1, -0.05) is 0 Å². The highest BCUT2D eigenvalue weighted by Gasteiger charge is 2.30. The first kappa shape index (κ1) is 7.42. The first-order valence-corrected chi connectivity index (χ1v) is 4.19. The summed E-state index contributed by atoms with van der Waals surface area (Å²) in [6.45, 7) is 6.10. The van der Waals surface area contributed by atoms with Crippen molar-refractivity contribution in [3.05, 3.63) is 0 Å². The van der Waals surface area contributed by atoms with Gasteiger partial charge >= 0.3 is 0 Å². The van der Waals surface area contributed by atoms with Crippen LogP contribution in [0.4, 0.5) is 0 Å². The minimum atomic E-state index is 0.662. The average Bonchev–Trinajstić information content (AvgIpc) is 2.13. The van der Waals surface area contributed by atoms with Gasteiger partial charge in [-0.2, -0.15) is 12.6 Å². The van der Waals surface area contributed by atoms with Crippen LogP contribution < -0.4 is 0 Å². The van der Waals surface area contributed by atoms with Gasteiger partial charge < -0.3 is 4.48 Å². The molecule has 1 saturated heterocycles. The molecule has 2 atom stereocenters. The fourth-order valence-electron chi connectivity index (χ4n) is 1.44. The fourth-order valence-corrected chi connectivity index (χ4v) is 1.95. The largest absolute Gasteiger partial charge is 0.325 e. The number of thiol groups is 1. The van der Waals surface area contributed by atoms with Crippen molar-refractivity contribution in [3.63, 3.8) is 0 Å².